The lowest BCUT2D eigenvalue weighted by Crippen LogP contribution is -2.33. The summed E-state index contributed by atoms with van der Waals surface area (Å²) >= 11 is 3.43. The number of benzene rings is 2. The Balaban J connectivity index is 1.63. The lowest BCUT2D eigenvalue weighted by Gasteiger charge is -2.17. The minimum absolute atomic E-state index is 0.115. The number of halogens is 1. The van der Waals surface area contributed by atoms with Crippen molar-refractivity contribution in [1.82, 2.24) is 10.6 Å². The van der Waals surface area contributed by atoms with Crippen molar-refractivity contribution in [1.29, 1.82) is 0 Å². The van der Waals surface area contributed by atoms with E-state index in [4.69, 9.17) is 0 Å². The van der Waals surface area contributed by atoms with Gasteiger partial charge in [0.2, 0.25) is 5.91 Å². The molecule has 5 heteroatoms. The molecule has 1 saturated carbocycles. The molecular weight excluding hydrogens is 380 g/mol. The second-order valence-corrected chi connectivity index (χ2v) is 7.03. The van der Waals surface area contributed by atoms with Crippen molar-refractivity contribution >= 4 is 33.8 Å². The molecule has 2 amide bonds. The fraction of sp³-hybridized carbons (Fsp3) is 0.200. The summed E-state index contributed by atoms with van der Waals surface area (Å²) < 4.78 is 1.03. The fourth-order valence-corrected chi connectivity index (χ4v) is 2.98. The van der Waals surface area contributed by atoms with Gasteiger partial charge in [0.25, 0.3) is 5.91 Å². The number of rotatable bonds is 5. The molecule has 0 bridgehead atoms. The average Bonchev–Trinajstić information content (AvgIpc) is 3.41. The Morgan fingerprint density at radius 2 is 1.68 bits per heavy atom. The average molecular weight is 399 g/mol. The molecule has 3 rings (SSSR count). The number of hydrogen-bond acceptors (Lipinski definition) is 2. The van der Waals surface area contributed by atoms with E-state index in [1.807, 2.05) is 36.4 Å². The lowest BCUT2D eigenvalue weighted by molar-refractivity contribution is -0.117. The van der Waals surface area contributed by atoms with Crippen molar-refractivity contribution in [3.63, 3.8) is 0 Å². The molecule has 1 fully saturated rings. The minimum atomic E-state index is -0.231. The van der Waals surface area contributed by atoms with E-state index in [0.717, 1.165) is 28.4 Å². The summed E-state index contributed by atoms with van der Waals surface area (Å²) in [6, 6.07) is 15.2. The maximum Gasteiger partial charge on any atom is 0.251 e. The highest BCUT2D eigenvalue weighted by Crippen LogP contribution is 2.45. The third-order valence-corrected chi connectivity index (χ3v) is 4.87. The van der Waals surface area contributed by atoms with Crippen molar-refractivity contribution in [3.05, 3.63) is 75.8 Å². The zero-order chi connectivity index (χ0) is 17.9. The zero-order valence-corrected chi connectivity index (χ0v) is 15.5. The van der Waals surface area contributed by atoms with Crippen molar-refractivity contribution in [3.8, 4) is 0 Å². The van der Waals surface area contributed by atoms with Crippen LogP contribution in [0.5, 0.6) is 0 Å². The first-order chi connectivity index (χ1) is 12.0. The molecule has 0 spiro atoms. The predicted octanol–water partition coefficient (Wildman–Crippen LogP) is 3.63. The molecule has 25 heavy (non-hydrogen) atoms. The molecule has 128 valence electrons. The van der Waals surface area contributed by atoms with Gasteiger partial charge < -0.3 is 10.6 Å². The molecule has 2 aromatic rings. The largest absolute Gasteiger partial charge is 0.355 e. The van der Waals surface area contributed by atoms with Crippen molar-refractivity contribution in [2.45, 2.75) is 18.4 Å². The molecule has 2 N–H and O–H groups in total. The van der Waals surface area contributed by atoms with Crippen LogP contribution in [0.2, 0.25) is 0 Å². The summed E-state index contributed by atoms with van der Waals surface area (Å²) in [6.45, 7) is 0. The van der Waals surface area contributed by atoms with Gasteiger partial charge in [0.1, 0.15) is 0 Å². The van der Waals surface area contributed by atoms with Gasteiger partial charge in [0, 0.05) is 23.2 Å². The Morgan fingerprint density at radius 1 is 1.04 bits per heavy atom. The van der Waals surface area contributed by atoms with Crippen molar-refractivity contribution < 1.29 is 9.59 Å². The van der Waals surface area contributed by atoms with Crippen LogP contribution in [-0.4, -0.2) is 18.9 Å². The first-order valence-electron chi connectivity index (χ1n) is 8.11. The molecule has 1 aliphatic carbocycles. The Morgan fingerprint density at radius 3 is 2.24 bits per heavy atom. The molecule has 0 atom stereocenters. The highest BCUT2D eigenvalue weighted by molar-refractivity contribution is 9.10. The molecule has 0 aromatic heterocycles. The maximum atomic E-state index is 12.3. The Kier molecular flexibility index (Phi) is 5.04. The third-order valence-electron chi connectivity index (χ3n) is 4.34. The third kappa shape index (κ3) is 4.17. The standard InChI is InChI=1S/C20H19BrN2O2/c1-22-19(25)15-5-2-14(3-6-15)4-11-18(24)23-20(12-13-20)16-7-9-17(21)10-8-16/h2-11H,12-13H2,1H3,(H,22,25)(H,23,24)/b11-4+. The molecule has 1 aliphatic rings. The van der Waals surface area contributed by atoms with Crippen LogP contribution in [0.3, 0.4) is 0 Å². The summed E-state index contributed by atoms with van der Waals surface area (Å²) in [7, 11) is 1.60. The summed E-state index contributed by atoms with van der Waals surface area (Å²) in [4.78, 5) is 23.8. The first kappa shape index (κ1) is 17.4. The first-order valence-corrected chi connectivity index (χ1v) is 8.90. The number of amides is 2. The number of carbonyl (C=O) groups excluding carboxylic acids is 2. The SMILES string of the molecule is CNC(=O)c1ccc(/C=C/C(=O)NC2(c3ccc(Br)cc3)CC2)cc1. The number of hydrogen-bond donors (Lipinski definition) is 2. The van der Waals surface area contributed by atoms with Gasteiger partial charge in [-0.05, 0) is 54.3 Å². The van der Waals surface area contributed by atoms with E-state index in [0.29, 0.717) is 5.56 Å². The van der Waals surface area contributed by atoms with Gasteiger partial charge in [0.05, 0.1) is 5.54 Å². The van der Waals surface area contributed by atoms with E-state index in [9.17, 15) is 9.59 Å². The highest BCUT2D eigenvalue weighted by atomic mass is 79.9. The van der Waals surface area contributed by atoms with Gasteiger partial charge >= 0.3 is 0 Å². The topological polar surface area (TPSA) is 58.2 Å². The fourth-order valence-electron chi connectivity index (χ4n) is 2.72. The van der Waals surface area contributed by atoms with Gasteiger partial charge in [-0.25, -0.2) is 0 Å². The lowest BCUT2D eigenvalue weighted by atomic mass is 10.0. The van der Waals surface area contributed by atoms with E-state index < -0.39 is 0 Å². The van der Waals surface area contributed by atoms with E-state index in [1.54, 1.807) is 25.3 Å². The Bertz CT molecular complexity index is 807. The molecule has 2 aromatic carbocycles. The number of carbonyl (C=O) groups is 2. The van der Waals surface area contributed by atoms with Crippen LogP contribution < -0.4 is 10.6 Å². The maximum absolute atomic E-state index is 12.3. The van der Waals surface area contributed by atoms with Crippen LogP contribution in [0.1, 0.15) is 34.3 Å². The van der Waals surface area contributed by atoms with E-state index in [2.05, 4.69) is 26.6 Å². The zero-order valence-electron chi connectivity index (χ0n) is 13.9. The van der Waals surface area contributed by atoms with Crippen LogP contribution in [0.4, 0.5) is 0 Å². The molecule has 0 unspecified atom stereocenters. The molecular formula is C20H19BrN2O2. The molecule has 0 radical (unpaired) electrons. The van der Waals surface area contributed by atoms with Gasteiger partial charge in [-0.3, -0.25) is 9.59 Å². The molecule has 4 nitrogen and oxygen atoms in total. The monoisotopic (exact) mass is 398 g/mol. The normalized spacial score (nSPS) is 15.0. The summed E-state index contributed by atoms with van der Waals surface area (Å²) in [5.41, 5.74) is 2.37. The van der Waals surface area contributed by atoms with Crippen LogP contribution in [0.25, 0.3) is 6.08 Å². The van der Waals surface area contributed by atoms with Gasteiger partial charge in [-0.1, -0.05) is 40.2 Å². The van der Waals surface area contributed by atoms with Gasteiger partial charge in [0.15, 0.2) is 0 Å². The van der Waals surface area contributed by atoms with Crippen molar-refractivity contribution in [2.24, 2.45) is 0 Å². The number of nitrogens with one attached hydrogen (secondary N) is 2. The highest BCUT2D eigenvalue weighted by Gasteiger charge is 2.45. The second kappa shape index (κ2) is 7.23. The van der Waals surface area contributed by atoms with E-state index in [1.165, 1.54) is 6.08 Å². The Labute approximate surface area is 155 Å². The predicted molar refractivity (Wildman–Crippen MR) is 102 cm³/mol. The van der Waals surface area contributed by atoms with Crippen molar-refractivity contribution in [2.75, 3.05) is 7.05 Å². The van der Waals surface area contributed by atoms with E-state index >= 15 is 0 Å². The summed E-state index contributed by atoms with van der Waals surface area (Å²) in [6.07, 6.45) is 5.19. The molecule has 0 heterocycles. The second-order valence-electron chi connectivity index (χ2n) is 6.11. The molecule has 0 aliphatic heterocycles. The van der Waals surface area contributed by atoms with Crippen LogP contribution in [-0.2, 0) is 10.3 Å². The van der Waals surface area contributed by atoms with Crippen LogP contribution in [0.15, 0.2) is 59.1 Å². The van der Waals surface area contributed by atoms with Crippen LogP contribution in [0, 0.1) is 0 Å². The molecule has 0 saturated heterocycles. The minimum Gasteiger partial charge on any atom is -0.355 e. The van der Waals surface area contributed by atoms with Gasteiger partial charge in [-0.2, -0.15) is 0 Å². The van der Waals surface area contributed by atoms with Gasteiger partial charge in [-0.15, -0.1) is 0 Å². The smallest absolute Gasteiger partial charge is 0.251 e. The van der Waals surface area contributed by atoms with E-state index in [-0.39, 0.29) is 17.4 Å². The van der Waals surface area contributed by atoms with Crippen LogP contribution >= 0.6 is 15.9 Å². The Hall–Kier alpha value is -2.40. The quantitative estimate of drug-likeness (QED) is 0.755. The summed E-state index contributed by atoms with van der Waals surface area (Å²) in [5, 5.41) is 5.69. The summed E-state index contributed by atoms with van der Waals surface area (Å²) in [5.74, 6) is -0.241.